The topological polar surface area (TPSA) is 41.1 Å². The standard InChI is InChI=1S/C20H26N2O/c1-5-15-8-6-7-9-18(15)22-19(23)14-21-17-12-10-16(11-13-17)20(2,3)4/h6-13,21H,5,14H2,1-4H3,(H,22,23). The van der Waals surface area contributed by atoms with E-state index in [1.165, 1.54) is 5.56 Å². The molecule has 0 atom stereocenters. The quantitative estimate of drug-likeness (QED) is 0.847. The van der Waals surface area contributed by atoms with Gasteiger partial charge in [0.15, 0.2) is 0 Å². The van der Waals surface area contributed by atoms with Gasteiger partial charge in [-0.25, -0.2) is 0 Å². The molecule has 0 saturated heterocycles. The molecule has 2 aromatic carbocycles. The molecule has 0 bridgehead atoms. The lowest BCUT2D eigenvalue weighted by molar-refractivity contribution is -0.114. The number of carbonyl (C=O) groups excluding carboxylic acids is 1. The first kappa shape index (κ1) is 17.1. The van der Waals surface area contributed by atoms with E-state index in [2.05, 4.69) is 50.5 Å². The van der Waals surface area contributed by atoms with E-state index in [-0.39, 0.29) is 17.9 Å². The second-order valence-corrected chi connectivity index (χ2v) is 6.74. The van der Waals surface area contributed by atoms with Crippen molar-refractivity contribution >= 4 is 17.3 Å². The Hall–Kier alpha value is -2.29. The van der Waals surface area contributed by atoms with Crippen molar-refractivity contribution in [3.05, 3.63) is 59.7 Å². The van der Waals surface area contributed by atoms with Crippen LogP contribution in [0.25, 0.3) is 0 Å². The van der Waals surface area contributed by atoms with E-state index < -0.39 is 0 Å². The number of anilines is 2. The number of hydrogen-bond donors (Lipinski definition) is 2. The summed E-state index contributed by atoms with van der Waals surface area (Å²) in [6.45, 7) is 8.91. The van der Waals surface area contributed by atoms with Gasteiger partial charge in [0.1, 0.15) is 0 Å². The maximum absolute atomic E-state index is 12.1. The molecule has 3 nitrogen and oxygen atoms in total. The first-order valence-electron chi connectivity index (χ1n) is 8.12. The van der Waals surface area contributed by atoms with Gasteiger partial charge in [-0.1, -0.05) is 58.0 Å². The molecular weight excluding hydrogens is 284 g/mol. The second kappa shape index (κ2) is 7.32. The van der Waals surface area contributed by atoms with E-state index in [9.17, 15) is 4.79 Å². The number of rotatable bonds is 5. The van der Waals surface area contributed by atoms with Gasteiger partial charge in [-0.15, -0.1) is 0 Å². The molecule has 0 aliphatic carbocycles. The second-order valence-electron chi connectivity index (χ2n) is 6.74. The van der Waals surface area contributed by atoms with Crippen LogP contribution in [-0.4, -0.2) is 12.5 Å². The molecule has 0 aromatic heterocycles. The van der Waals surface area contributed by atoms with E-state index in [0.717, 1.165) is 23.4 Å². The molecule has 0 spiro atoms. The molecule has 0 radical (unpaired) electrons. The van der Waals surface area contributed by atoms with E-state index in [1.54, 1.807) is 0 Å². The van der Waals surface area contributed by atoms with Crippen molar-refractivity contribution < 1.29 is 4.79 Å². The summed E-state index contributed by atoms with van der Waals surface area (Å²) in [7, 11) is 0. The molecule has 0 aliphatic rings. The summed E-state index contributed by atoms with van der Waals surface area (Å²) in [6.07, 6.45) is 0.901. The van der Waals surface area contributed by atoms with Crippen LogP contribution >= 0.6 is 0 Å². The van der Waals surface area contributed by atoms with Crippen molar-refractivity contribution in [1.82, 2.24) is 0 Å². The van der Waals surface area contributed by atoms with Gasteiger partial charge < -0.3 is 10.6 Å². The summed E-state index contributed by atoms with van der Waals surface area (Å²) in [5.41, 5.74) is 4.42. The number of amides is 1. The fourth-order valence-electron chi connectivity index (χ4n) is 2.42. The molecule has 2 rings (SSSR count). The Morgan fingerprint density at radius 3 is 2.26 bits per heavy atom. The van der Waals surface area contributed by atoms with Crippen molar-refractivity contribution in [3.8, 4) is 0 Å². The maximum atomic E-state index is 12.1. The van der Waals surface area contributed by atoms with Crippen LogP contribution in [0.15, 0.2) is 48.5 Å². The van der Waals surface area contributed by atoms with Gasteiger partial charge in [0.25, 0.3) is 0 Å². The zero-order valence-electron chi connectivity index (χ0n) is 14.4. The van der Waals surface area contributed by atoms with Gasteiger partial charge in [0.05, 0.1) is 6.54 Å². The summed E-state index contributed by atoms with van der Waals surface area (Å²) in [6, 6.07) is 16.2. The predicted octanol–water partition coefficient (Wildman–Crippen LogP) is 4.60. The van der Waals surface area contributed by atoms with E-state index in [1.807, 2.05) is 36.4 Å². The molecule has 23 heavy (non-hydrogen) atoms. The first-order chi connectivity index (χ1) is 10.9. The molecule has 2 N–H and O–H groups in total. The highest BCUT2D eigenvalue weighted by atomic mass is 16.1. The highest BCUT2D eigenvalue weighted by Crippen LogP contribution is 2.23. The Kier molecular flexibility index (Phi) is 5.43. The number of hydrogen-bond acceptors (Lipinski definition) is 2. The summed E-state index contributed by atoms with van der Waals surface area (Å²) < 4.78 is 0. The van der Waals surface area contributed by atoms with Crippen LogP contribution in [0.3, 0.4) is 0 Å². The minimum Gasteiger partial charge on any atom is -0.376 e. The minimum atomic E-state index is -0.0363. The predicted molar refractivity (Wildman–Crippen MR) is 98.1 cm³/mol. The third-order valence-corrected chi connectivity index (χ3v) is 3.88. The third kappa shape index (κ3) is 4.85. The Morgan fingerprint density at radius 2 is 1.65 bits per heavy atom. The summed E-state index contributed by atoms with van der Waals surface area (Å²) in [4.78, 5) is 12.1. The van der Waals surface area contributed by atoms with Gasteiger partial charge in [-0.2, -0.15) is 0 Å². The average molecular weight is 310 g/mol. The molecular formula is C20H26N2O. The summed E-state index contributed by atoms with van der Waals surface area (Å²) in [5.74, 6) is -0.0363. The highest BCUT2D eigenvalue weighted by Gasteiger charge is 2.13. The van der Waals surface area contributed by atoms with E-state index >= 15 is 0 Å². The smallest absolute Gasteiger partial charge is 0.243 e. The Bertz CT molecular complexity index is 654. The van der Waals surface area contributed by atoms with E-state index in [0.29, 0.717) is 0 Å². The number of carbonyl (C=O) groups is 1. The normalized spacial score (nSPS) is 11.1. The molecule has 2 aromatic rings. The van der Waals surface area contributed by atoms with E-state index in [4.69, 9.17) is 0 Å². The van der Waals surface area contributed by atoms with Crippen molar-refractivity contribution in [1.29, 1.82) is 0 Å². The van der Waals surface area contributed by atoms with Crippen LogP contribution in [0.1, 0.15) is 38.8 Å². The number of aryl methyl sites for hydroxylation is 1. The molecule has 0 fully saturated rings. The highest BCUT2D eigenvalue weighted by molar-refractivity contribution is 5.94. The lowest BCUT2D eigenvalue weighted by Crippen LogP contribution is -2.22. The van der Waals surface area contributed by atoms with Gasteiger partial charge >= 0.3 is 0 Å². The SMILES string of the molecule is CCc1ccccc1NC(=O)CNc1ccc(C(C)(C)C)cc1. The fraction of sp³-hybridized carbons (Fsp3) is 0.350. The fourth-order valence-corrected chi connectivity index (χ4v) is 2.42. The van der Waals surface area contributed by atoms with Crippen molar-refractivity contribution in [2.75, 3.05) is 17.2 Å². The average Bonchev–Trinajstić information content (AvgIpc) is 2.53. The molecule has 0 heterocycles. The Labute approximate surface area is 139 Å². The molecule has 1 amide bonds. The maximum Gasteiger partial charge on any atom is 0.243 e. The first-order valence-corrected chi connectivity index (χ1v) is 8.12. The minimum absolute atomic E-state index is 0.0363. The zero-order valence-corrected chi connectivity index (χ0v) is 14.4. The third-order valence-electron chi connectivity index (χ3n) is 3.88. The lowest BCUT2D eigenvalue weighted by atomic mass is 9.87. The largest absolute Gasteiger partial charge is 0.376 e. The molecule has 0 aliphatic heterocycles. The zero-order chi connectivity index (χ0) is 16.9. The van der Waals surface area contributed by atoms with Crippen LogP contribution in [0.4, 0.5) is 11.4 Å². The molecule has 122 valence electrons. The van der Waals surface area contributed by atoms with Crippen molar-refractivity contribution in [2.45, 2.75) is 39.5 Å². The van der Waals surface area contributed by atoms with Gasteiger partial charge in [0, 0.05) is 11.4 Å². The van der Waals surface area contributed by atoms with Crippen molar-refractivity contribution in [2.24, 2.45) is 0 Å². The van der Waals surface area contributed by atoms with Crippen LogP contribution in [0.2, 0.25) is 0 Å². The summed E-state index contributed by atoms with van der Waals surface area (Å²) in [5, 5.41) is 6.13. The number of para-hydroxylation sites is 1. The number of benzene rings is 2. The molecule has 0 unspecified atom stereocenters. The Balaban J connectivity index is 1.92. The summed E-state index contributed by atoms with van der Waals surface area (Å²) >= 11 is 0. The van der Waals surface area contributed by atoms with Crippen LogP contribution in [-0.2, 0) is 16.6 Å². The van der Waals surface area contributed by atoms with Crippen molar-refractivity contribution in [3.63, 3.8) is 0 Å². The van der Waals surface area contributed by atoms with Crippen LogP contribution < -0.4 is 10.6 Å². The molecule has 0 saturated carbocycles. The van der Waals surface area contributed by atoms with Gasteiger partial charge in [-0.3, -0.25) is 4.79 Å². The molecule has 3 heteroatoms. The van der Waals surface area contributed by atoms with Crippen LogP contribution in [0, 0.1) is 0 Å². The number of nitrogens with one attached hydrogen (secondary N) is 2. The monoisotopic (exact) mass is 310 g/mol. The van der Waals surface area contributed by atoms with Crippen LogP contribution in [0.5, 0.6) is 0 Å². The van der Waals surface area contributed by atoms with Gasteiger partial charge in [0.2, 0.25) is 5.91 Å². The lowest BCUT2D eigenvalue weighted by Gasteiger charge is -2.19. The Morgan fingerprint density at radius 1 is 1.00 bits per heavy atom. The van der Waals surface area contributed by atoms with Gasteiger partial charge in [-0.05, 0) is 41.2 Å².